The molecule has 1 amide bonds. The zero-order chi connectivity index (χ0) is 25.4. The smallest absolute Gasteiger partial charge is 0.270 e. The van der Waals surface area contributed by atoms with Gasteiger partial charge in [-0.15, -0.1) is 0 Å². The second kappa shape index (κ2) is 9.83. The molecule has 0 spiro atoms. The van der Waals surface area contributed by atoms with Crippen LogP contribution in [0.25, 0.3) is 10.9 Å². The summed E-state index contributed by atoms with van der Waals surface area (Å²) in [7, 11) is 0. The molecule has 7 nitrogen and oxygen atoms in total. The van der Waals surface area contributed by atoms with E-state index < -0.39 is 12.2 Å². The fourth-order valence-corrected chi connectivity index (χ4v) is 5.14. The Kier molecular flexibility index (Phi) is 6.23. The summed E-state index contributed by atoms with van der Waals surface area (Å²) in [5, 5.41) is 4.14. The van der Waals surface area contributed by atoms with Crippen molar-refractivity contribution >= 4 is 16.8 Å². The second-order valence-electron chi connectivity index (χ2n) is 9.78. The Bertz CT molecular complexity index is 1490. The Morgan fingerprint density at radius 3 is 2.92 bits per heavy atom. The zero-order valence-electron chi connectivity index (χ0n) is 20.6. The first-order chi connectivity index (χ1) is 18.0. The van der Waals surface area contributed by atoms with E-state index in [1.165, 1.54) is 0 Å². The third-order valence-electron chi connectivity index (χ3n) is 7.00. The van der Waals surface area contributed by atoms with Crippen molar-refractivity contribution in [3.8, 4) is 11.8 Å². The minimum Gasteiger partial charge on any atom is -0.381 e. The zero-order valence-corrected chi connectivity index (χ0v) is 20.6. The average Bonchev–Trinajstić information content (AvgIpc) is 3.60. The summed E-state index contributed by atoms with van der Waals surface area (Å²) in [6.07, 6.45) is 2.92. The third kappa shape index (κ3) is 4.87. The Morgan fingerprint density at radius 1 is 1.24 bits per heavy atom. The predicted molar refractivity (Wildman–Crippen MR) is 138 cm³/mol. The fraction of sp³-hybridized carbons (Fsp3) is 0.345. The molecular weight excluding hydrogens is 469 g/mol. The quantitative estimate of drug-likeness (QED) is 0.413. The molecule has 1 saturated heterocycles. The van der Waals surface area contributed by atoms with Gasteiger partial charge < -0.3 is 19.6 Å². The fourth-order valence-electron chi connectivity index (χ4n) is 5.14. The van der Waals surface area contributed by atoms with Gasteiger partial charge in [-0.2, -0.15) is 0 Å². The molecule has 4 aromatic rings. The third-order valence-corrected chi connectivity index (χ3v) is 7.00. The first-order valence-electron chi connectivity index (χ1n) is 12.7. The van der Waals surface area contributed by atoms with E-state index in [-0.39, 0.29) is 18.1 Å². The van der Waals surface area contributed by atoms with Crippen molar-refractivity contribution in [2.24, 2.45) is 5.92 Å². The van der Waals surface area contributed by atoms with Crippen LogP contribution in [0.1, 0.15) is 57.8 Å². The number of benzene rings is 1. The molecule has 3 aromatic heterocycles. The highest BCUT2D eigenvalue weighted by molar-refractivity contribution is 5.93. The van der Waals surface area contributed by atoms with E-state index >= 15 is 0 Å². The Hall–Kier alpha value is -3.96. The molecule has 37 heavy (non-hydrogen) atoms. The maximum absolute atomic E-state index is 14.2. The van der Waals surface area contributed by atoms with E-state index in [1.807, 2.05) is 47.9 Å². The van der Waals surface area contributed by atoms with Gasteiger partial charge in [0.05, 0.1) is 6.54 Å². The summed E-state index contributed by atoms with van der Waals surface area (Å²) < 4.78 is 21.5. The number of nitrogens with one attached hydrogen (secondary N) is 2. The van der Waals surface area contributed by atoms with Crippen molar-refractivity contribution in [2.45, 2.75) is 44.9 Å². The number of nitrogens with zero attached hydrogens (tertiary/aromatic N) is 3. The number of aryl methyl sites for hydroxylation is 1. The number of hydrogen-bond acceptors (Lipinski definition) is 4. The van der Waals surface area contributed by atoms with Crippen LogP contribution in [0.3, 0.4) is 0 Å². The number of amides is 1. The maximum Gasteiger partial charge on any atom is 0.270 e. The molecule has 0 aliphatic carbocycles. The largest absolute Gasteiger partial charge is 0.381 e. The molecule has 2 atom stereocenters. The lowest BCUT2D eigenvalue weighted by Crippen LogP contribution is -2.32. The van der Waals surface area contributed by atoms with Crippen LogP contribution in [0, 0.1) is 24.7 Å². The number of aromatic amines is 1. The van der Waals surface area contributed by atoms with Gasteiger partial charge in [-0.1, -0.05) is 30.0 Å². The summed E-state index contributed by atoms with van der Waals surface area (Å²) in [5.74, 6) is 7.11. The molecule has 2 N–H and O–H groups in total. The number of pyridine rings is 1. The Labute approximate surface area is 214 Å². The number of carbonyl (C=O) groups excluding carboxylic acids is 1. The molecule has 1 aromatic carbocycles. The van der Waals surface area contributed by atoms with Crippen LogP contribution in [0.15, 0.2) is 48.7 Å². The van der Waals surface area contributed by atoms with Crippen molar-refractivity contribution in [1.29, 1.82) is 0 Å². The molecule has 0 saturated carbocycles. The van der Waals surface area contributed by atoms with Crippen LogP contribution in [0.4, 0.5) is 4.39 Å². The second-order valence-corrected chi connectivity index (χ2v) is 9.78. The van der Waals surface area contributed by atoms with Crippen LogP contribution < -0.4 is 5.32 Å². The number of alkyl halides is 1. The molecule has 5 heterocycles. The van der Waals surface area contributed by atoms with Crippen LogP contribution in [-0.4, -0.2) is 44.8 Å². The van der Waals surface area contributed by atoms with Crippen molar-refractivity contribution in [1.82, 2.24) is 24.8 Å². The number of para-hydroxylation sites is 1. The Morgan fingerprint density at radius 2 is 2.08 bits per heavy atom. The van der Waals surface area contributed by atoms with E-state index in [4.69, 9.17) is 4.74 Å². The Balaban J connectivity index is 1.32. The summed E-state index contributed by atoms with van der Waals surface area (Å²) in [5.41, 5.74) is 4.32. The molecule has 188 valence electrons. The minimum atomic E-state index is -0.953. The lowest BCUT2D eigenvalue weighted by atomic mass is 10.0. The predicted octanol–water partition coefficient (Wildman–Crippen LogP) is 4.26. The SMILES string of the molecule is Cc1cc(C#CC2CCOCC2)cc(C(=O)NC(c2cc3ccccc3[nH]2)c2ncc3n2C[C@@H](F)C3)n1. The number of fused-ring (bicyclic) bond motifs is 2. The van der Waals surface area contributed by atoms with Crippen LogP contribution >= 0.6 is 0 Å². The number of imidazole rings is 1. The monoisotopic (exact) mass is 497 g/mol. The van der Waals surface area contributed by atoms with Crippen molar-refractivity contribution in [2.75, 3.05) is 13.2 Å². The molecule has 1 fully saturated rings. The van der Waals surface area contributed by atoms with Crippen molar-refractivity contribution in [3.63, 3.8) is 0 Å². The maximum atomic E-state index is 14.2. The molecule has 6 rings (SSSR count). The molecule has 1 unspecified atom stereocenters. The molecule has 2 aliphatic rings. The highest BCUT2D eigenvalue weighted by atomic mass is 19.1. The van der Waals surface area contributed by atoms with Gasteiger partial charge in [0.15, 0.2) is 0 Å². The van der Waals surface area contributed by atoms with Gasteiger partial charge in [-0.25, -0.2) is 14.4 Å². The number of H-pyrrole nitrogens is 1. The van der Waals surface area contributed by atoms with Crippen LogP contribution in [0.2, 0.25) is 0 Å². The molecule has 0 bridgehead atoms. The van der Waals surface area contributed by atoms with Gasteiger partial charge in [0.2, 0.25) is 0 Å². The summed E-state index contributed by atoms with van der Waals surface area (Å²) in [6.45, 7) is 3.55. The number of ether oxygens (including phenoxy) is 1. The molecule has 8 heteroatoms. The first-order valence-corrected chi connectivity index (χ1v) is 12.7. The average molecular weight is 498 g/mol. The van der Waals surface area contributed by atoms with E-state index in [0.29, 0.717) is 23.9 Å². The van der Waals surface area contributed by atoms with Crippen molar-refractivity contribution in [3.05, 3.63) is 82.8 Å². The summed E-state index contributed by atoms with van der Waals surface area (Å²) in [4.78, 5) is 26.0. The van der Waals surface area contributed by atoms with Gasteiger partial charge in [-0.3, -0.25) is 4.79 Å². The number of carbonyl (C=O) groups is 1. The van der Waals surface area contributed by atoms with Crippen molar-refractivity contribution < 1.29 is 13.9 Å². The van der Waals surface area contributed by atoms with Crippen LogP contribution in [-0.2, 0) is 17.7 Å². The van der Waals surface area contributed by atoms with E-state index in [0.717, 1.165) is 53.9 Å². The molecule has 0 radical (unpaired) electrons. The standard InChI is InChI=1S/C29H28FN5O2/c1-18-12-20(7-6-19-8-10-37-11-9-19)13-26(32-18)29(36)34-27(25-14-21-4-2-3-5-24(21)33-25)28-31-16-23-15-22(30)17-35(23)28/h2-5,12-14,16,19,22,27,33H,8-11,15,17H2,1H3,(H,34,36)/t22-,27?/m0/s1. The lowest BCUT2D eigenvalue weighted by molar-refractivity contribution is 0.0807. The highest BCUT2D eigenvalue weighted by Crippen LogP contribution is 2.29. The lowest BCUT2D eigenvalue weighted by Gasteiger charge is -2.19. The number of aromatic nitrogens is 4. The van der Waals surface area contributed by atoms with Gasteiger partial charge in [0.25, 0.3) is 5.91 Å². The van der Waals surface area contributed by atoms with E-state index in [9.17, 15) is 9.18 Å². The van der Waals surface area contributed by atoms with Gasteiger partial charge >= 0.3 is 0 Å². The van der Waals surface area contributed by atoms with E-state index in [2.05, 4.69) is 32.1 Å². The number of hydrogen-bond donors (Lipinski definition) is 2. The summed E-state index contributed by atoms with van der Waals surface area (Å²) >= 11 is 0. The van der Waals surface area contributed by atoms with Gasteiger partial charge in [0.1, 0.15) is 23.7 Å². The molecular formula is C29H28FN5O2. The van der Waals surface area contributed by atoms with E-state index in [1.54, 1.807) is 12.3 Å². The first kappa shape index (κ1) is 23.4. The number of rotatable bonds is 4. The van der Waals surface area contributed by atoms with Gasteiger partial charge in [0, 0.05) is 59.9 Å². The minimum absolute atomic E-state index is 0.228. The van der Waals surface area contributed by atoms with Gasteiger partial charge in [-0.05, 0) is 49.4 Å². The van der Waals surface area contributed by atoms with Crippen LogP contribution in [0.5, 0.6) is 0 Å². The number of halogens is 1. The highest BCUT2D eigenvalue weighted by Gasteiger charge is 2.30. The molecule has 2 aliphatic heterocycles. The normalized spacial score (nSPS) is 18.3. The summed E-state index contributed by atoms with van der Waals surface area (Å²) in [6, 6.07) is 12.9. The topological polar surface area (TPSA) is 84.8 Å².